The minimum absolute atomic E-state index is 0.0246. The molecule has 0 spiro atoms. The number of fused-ring (bicyclic) bond motifs is 1. The third-order valence-corrected chi connectivity index (χ3v) is 5.17. The number of hydrogen-bond donors (Lipinski definition) is 1. The van der Waals surface area contributed by atoms with E-state index in [2.05, 4.69) is 0 Å². The molecule has 0 bridgehead atoms. The van der Waals surface area contributed by atoms with Crippen molar-refractivity contribution in [2.24, 2.45) is 11.7 Å². The Labute approximate surface area is 147 Å². The number of amides is 1. The maximum absolute atomic E-state index is 12.9. The molecule has 2 aliphatic rings. The summed E-state index contributed by atoms with van der Waals surface area (Å²) in [7, 11) is 0. The maximum Gasteiger partial charge on any atom is 0.411 e. The number of nitrogens with two attached hydrogens (primary N) is 1. The van der Waals surface area contributed by atoms with E-state index in [-0.39, 0.29) is 36.7 Å². The minimum Gasteiger partial charge on any atom is -0.445 e. The molecule has 2 aromatic carbocycles. The van der Waals surface area contributed by atoms with Gasteiger partial charge in [0.15, 0.2) is 0 Å². The first-order valence-electron chi connectivity index (χ1n) is 8.63. The van der Waals surface area contributed by atoms with Crippen LogP contribution in [0.1, 0.15) is 17.2 Å². The quantitative estimate of drug-likeness (QED) is 0.934. The van der Waals surface area contributed by atoms with Gasteiger partial charge >= 0.3 is 6.09 Å². The second kappa shape index (κ2) is 6.86. The van der Waals surface area contributed by atoms with Crippen LogP contribution in [0.15, 0.2) is 60.7 Å². The van der Waals surface area contributed by atoms with Gasteiger partial charge in [-0.05, 0) is 11.1 Å². The van der Waals surface area contributed by atoms with Crippen LogP contribution in [0.5, 0.6) is 0 Å². The Morgan fingerprint density at radius 2 is 1.76 bits per heavy atom. The van der Waals surface area contributed by atoms with Gasteiger partial charge in [-0.2, -0.15) is 0 Å². The van der Waals surface area contributed by atoms with Crippen molar-refractivity contribution in [1.82, 2.24) is 4.90 Å². The van der Waals surface area contributed by atoms with Crippen molar-refractivity contribution in [3.63, 3.8) is 0 Å². The van der Waals surface area contributed by atoms with Crippen molar-refractivity contribution in [2.45, 2.75) is 24.7 Å². The van der Waals surface area contributed by atoms with Gasteiger partial charge in [0.2, 0.25) is 0 Å². The maximum atomic E-state index is 12.9. The van der Waals surface area contributed by atoms with Gasteiger partial charge in [-0.1, -0.05) is 60.7 Å². The first kappa shape index (κ1) is 16.1. The lowest BCUT2D eigenvalue weighted by Gasteiger charge is -2.30. The van der Waals surface area contributed by atoms with Crippen LogP contribution in [0.2, 0.25) is 0 Å². The number of carbonyl (C=O) groups is 1. The van der Waals surface area contributed by atoms with Crippen LogP contribution in [-0.4, -0.2) is 36.3 Å². The van der Waals surface area contributed by atoms with Crippen molar-refractivity contribution in [1.29, 1.82) is 0 Å². The molecule has 0 saturated carbocycles. The first-order chi connectivity index (χ1) is 12.3. The topological polar surface area (TPSA) is 64.8 Å². The summed E-state index contributed by atoms with van der Waals surface area (Å²) < 4.78 is 11.2. The molecule has 130 valence electrons. The molecule has 2 heterocycles. The summed E-state index contributed by atoms with van der Waals surface area (Å²) >= 11 is 0. The fourth-order valence-electron chi connectivity index (χ4n) is 3.92. The summed E-state index contributed by atoms with van der Waals surface area (Å²) in [5, 5.41) is 0. The van der Waals surface area contributed by atoms with Crippen LogP contribution < -0.4 is 5.73 Å². The van der Waals surface area contributed by atoms with Crippen LogP contribution in [0.25, 0.3) is 0 Å². The molecule has 0 radical (unpaired) electrons. The number of rotatable bonds is 3. The van der Waals surface area contributed by atoms with Crippen molar-refractivity contribution < 1.29 is 14.3 Å². The van der Waals surface area contributed by atoms with Gasteiger partial charge in [-0.3, -0.25) is 4.90 Å². The van der Waals surface area contributed by atoms with Crippen molar-refractivity contribution >= 4 is 6.09 Å². The molecule has 1 amide bonds. The van der Waals surface area contributed by atoms with Crippen LogP contribution >= 0.6 is 0 Å². The Bertz CT molecular complexity index is 722. The highest BCUT2D eigenvalue weighted by Gasteiger charge is 2.53. The fraction of sp³-hybridized carbons (Fsp3) is 0.350. The molecular formula is C20H22N2O3. The van der Waals surface area contributed by atoms with E-state index < -0.39 is 0 Å². The highest BCUT2D eigenvalue weighted by Crippen LogP contribution is 2.42. The molecule has 0 aromatic heterocycles. The van der Waals surface area contributed by atoms with E-state index in [4.69, 9.17) is 15.2 Å². The Morgan fingerprint density at radius 1 is 1.08 bits per heavy atom. The lowest BCUT2D eigenvalue weighted by atomic mass is 9.93. The fourth-order valence-corrected chi connectivity index (χ4v) is 3.92. The molecule has 5 heteroatoms. The lowest BCUT2D eigenvalue weighted by molar-refractivity contribution is 0.0651. The van der Waals surface area contributed by atoms with Crippen LogP contribution in [0, 0.1) is 5.92 Å². The molecule has 2 saturated heterocycles. The molecule has 2 aliphatic heterocycles. The zero-order chi connectivity index (χ0) is 17.2. The zero-order valence-corrected chi connectivity index (χ0v) is 14.0. The van der Waals surface area contributed by atoms with E-state index in [1.54, 1.807) is 4.90 Å². The average molecular weight is 338 g/mol. The Morgan fingerprint density at radius 3 is 2.48 bits per heavy atom. The van der Waals surface area contributed by atoms with Crippen LogP contribution in [0.4, 0.5) is 4.79 Å². The molecule has 4 atom stereocenters. The van der Waals surface area contributed by atoms with Crippen LogP contribution in [0.3, 0.4) is 0 Å². The van der Waals surface area contributed by atoms with E-state index in [1.807, 2.05) is 60.7 Å². The van der Waals surface area contributed by atoms with Gasteiger partial charge in [0.25, 0.3) is 0 Å². The second-order valence-corrected chi connectivity index (χ2v) is 6.65. The largest absolute Gasteiger partial charge is 0.445 e. The number of hydrogen-bond acceptors (Lipinski definition) is 4. The first-order valence-corrected chi connectivity index (χ1v) is 8.63. The van der Waals surface area contributed by atoms with Crippen LogP contribution in [-0.2, 0) is 16.1 Å². The summed E-state index contributed by atoms with van der Waals surface area (Å²) in [6.45, 7) is 1.37. The van der Waals surface area contributed by atoms with E-state index in [0.29, 0.717) is 13.2 Å². The number of carbonyl (C=O) groups excluding carboxylic acids is 1. The number of benzene rings is 2. The van der Waals surface area contributed by atoms with Crippen molar-refractivity contribution in [3.8, 4) is 0 Å². The van der Waals surface area contributed by atoms with Crippen molar-refractivity contribution in [3.05, 3.63) is 71.8 Å². The monoisotopic (exact) mass is 338 g/mol. The minimum atomic E-state index is -0.328. The Balaban J connectivity index is 1.56. The van der Waals surface area contributed by atoms with E-state index in [9.17, 15) is 4.79 Å². The Hall–Kier alpha value is -2.37. The van der Waals surface area contributed by atoms with Gasteiger partial charge in [-0.25, -0.2) is 4.79 Å². The SMILES string of the molecule is N[C@H]1[C@@H]2COC[C@@H]2N(C(=O)OCc2ccccc2)[C@H]1c1ccccc1. The predicted molar refractivity (Wildman–Crippen MR) is 93.7 cm³/mol. The highest BCUT2D eigenvalue weighted by molar-refractivity contribution is 5.70. The van der Waals surface area contributed by atoms with E-state index in [1.165, 1.54) is 0 Å². The van der Waals surface area contributed by atoms with E-state index >= 15 is 0 Å². The molecule has 0 unspecified atom stereocenters. The molecular weight excluding hydrogens is 316 g/mol. The summed E-state index contributed by atoms with van der Waals surface area (Å²) in [5.74, 6) is 0.148. The smallest absolute Gasteiger partial charge is 0.411 e. The molecule has 25 heavy (non-hydrogen) atoms. The molecule has 5 nitrogen and oxygen atoms in total. The third kappa shape index (κ3) is 3.01. The summed E-state index contributed by atoms with van der Waals surface area (Å²) in [6.07, 6.45) is -0.328. The number of nitrogens with zero attached hydrogens (tertiary/aromatic N) is 1. The highest BCUT2D eigenvalue weighted by atomic mass is 16.6. The predicted octanol–water partition coefficient (Wildman–Crippen LogP) is 2.72. The molecule has 2 N–H and O–H groups in total. The van der Waals surface area contributed by atoms with Crippen molar-refractivity contribution in [2.75, 3.05) is 13.2 Å². The summed E-state index contributed by atoms with van der Waals surface area (Å²) in [6, 6.07) is 19.3. The van der Waals surface area contributed by atoms with Gasteiger partial charge in [0.1, 0.15) is 6.61 Å². The Kier molecular flexibility index (Phi) is 4.42. The van der Waals surface area contributed by atoms with Gasteiger partial charge in [0, 0.05) is 12.0 Å². The summed E-state index contributed by atoms with van der Waals surface area (Å²) in [5.41, 5.74) is 8.51. The van der Waals surface area contributed by atoms with Gasteiger partial charge in [-0.15, -0.1) is 0 Å². The molecule has 4 rings (SSSR count). The normalized spacial score (nSPS) is 28.0. The standard InChI is InChI=1S/C20H22N2O3/c21-18-16-12-24-13-17(16)22(19(18)15-9-5-2-6-10-15)20(23)25-11-14-7-3-1-4-8-14/h1-10,16-19H,11-13,21H2/t16-,17+,18+,19+/m1/s1. The third-order valence-electron chi connectivity index (χ3n) is 5.17. The summed E-state index contributed by atoms with van der Waals surface area (Å²) in [4.78, 5) is 14.7. The van der Waals surface area contributed by atoms with E-state index in [0.717, 1.165) is 11.1 Å². The second-order valence-electron chi connectivity index (χ2n) is 6.65. The lowest BCUT2D eigenvalue weighted by Crippen LogP contribution is -2.41. The number of ether oxygens (including phenoxy) is 2. The van der Waals surface area contributed by atoms with Gasteiger partial charge in [0.05, 0.1) is 25.3 Å². The molecule has 0 aliphatic carbocycles. The average Bonchev–Trinajstić information content (AvgIpc) is 3.23. The number of likely N-dealkylation sites (tertiary alicyclic amines) is 1. The zero-order valence-electron chi connectivity index (χ0n) is 14.0. The molecule has 2 fully saturated rings. The van der Waals surface area contributed by atoms with Gasteiger partial charge < -0.3 is 15.2 Å². The molecule has 2 aromatic rings.